The number of esters is 1. The fourth-order valence-electron chi connectivity index (χ4n) is 2.84. The molecule has 0 bridgehead atoms. The van der Waals surface area contributed by atoms with Crippen LogP contribution in [0.4, 0.5) is 11.5 Å². The Labute approximate surface area is 169 Å². The van der Waals surface area contributed by atoms with Gasteiger partial charge in [0.1, 0.15) is 0 Å². The van der Waals surface area contributed by atoms with Crippen LogP contribution in [0, 0.1) is 6.92 Å². The predicted molar refractivity (Wildman–Crippen MR) is 112 cm³/mol. The molecule has 1 aromatic heterocycles. The number of imidazole rings is 1. The highest BCUT2D eigenvalue weighted by Gasteiger charge is 2.16. The predicted octanol–water partition coefficient (Wildman–Crippen LogP) is 3.77. The molecule has 0 aliphatic heterocycles. The summed E-state index contributed by atoms with van der Waals surface area (Å²) in [6.45, 7) is 4.71. The van der Waals surface area contributed by atoms with Crippen molar-refractivity contribution in [2.75, 3.05) is 17.2 Å². The van der Waals surface area contributed by atoms with E-state index < -0.39 is 5.97 Å². The molecule has 0 aliphatic carbocycles. The van der Waals surface area contributed by atoms with Crippen LogP contribution in [0.15, 0.2) is 54.7 Å². The Kier molecular flexibility index (Phi) is 6.29. The summed E-state index contributed by atoms with van der Waals surface area (Å²) in [4.78, 5) is 28.4. The lowest BCUT2D eigenvalue weighted by Gasteiger charge is -2.10. The van der Waals surface area contributed by atoms with E-state index in [0.717, 1.165) is 11.3 Å². The van der Waals surface area contributed by atoms with Crippen molar-refractivity contribution in [3.05, 3.63) is 77.2 Å². The molecule has 29 heavy (non-hydrogen) atoms. The lowest BCUT2D eigenvalue weighted by molar-refractivity contribution is 0.0508. The second-order valence-electron chi connectivity index (χ2n) is 6.60. The van der Waals surface area contributed by atoms with Gasteiger partial charge < -0.3 is 19.9 Å². The third-order valence-electron chi connectivity index (χ3n) is 4.42. The van der Waals surface area contributed by atoms with Crippen LogP contribution in [-0.4, -0.2) is 28.0 Å². The number of nitrogens with one attached hydrogen (secondary N) is 2. The van der Waals surface area contributed by atoms with Crippen LogP contribution in [0.3, 0.4) is 0 Å². The number of aromatic nitrogens is 2. The molecule has 3 aromatic rings. The number of amides is 1. The summed E-state index contributed by atoms with van der Waals surface area (Å²) in [6.07, 6.45) is 1.57. The number of para-hydroxylation sites is 1. The third kappa shape index (κ3) is 5.01. The average Bonchev–Trinajstić information content (AvgIpc) is 3.08. The molecule has 0 unspecified atom stereocenters. The molecule has 150 valence electrons. The smallest absolute Gasteiger partial charge is 0.374 e. The molecular formula is C22H24N4O3. The van der Waals surface area contributed by atoms with Gasteiger partial charge in [-0.15, -0.1) is 0 Å². The Morgan fingerprint density at radius 1 is 1.10 bits per heavy atom. The number of carbonyl (C=O) groups excluding carboxylic acids is 2. The van der Waals surface area contributed by atoms with Crippen molar-refractivity contribution in [1.29, 1.82) is 0 Å². The van der Waals surface area contributed by atoms with E-state index in [2.05, 4.69) is 28.6 Å². The molecule has 0 fully saturated rings. The van der Waals surface area contributed by atoms with Crippen LogP contribution in [0.2, 0.25) is 0 Å². The molecule has 0 radical (unpaired) electrons. The second kappa shape index (κ2) is 9.05. The third-order valence-corrected chi connectivity index (χ3v) is 4.42. The second-order valence-corrected chi connectivity index (χ2v) is 6.60. The van der Waals surface area contributed by atoms with Crippen LogP contribution in [0.5, 0.6) is 0 Å². The summed E-state index contributed by atoms with van der Waals surface area (Å²) in [6, 6.07) is 15.4. The first kappa shape index (κ1) is 20.1. The first-order valence-corrected chi connectivity index (χ1v) is 9.38. The summed E-state index contributed by atoms with van der Waals surface area (Å²) in [5.74, 6) is -0.386. The number of carbonyl (C=O) groups is 2. The zero-order valence-electron chi connectivity index (χ0n) is 16.7. The van der Waals surface area contributed by atoms with Gasteiger partial charge in [0.15, 0.2) is 5.82 Å². The quantitative estimate of drug-likeness (QED) is 0.598. The van der Waals surface area contributed by atoms with E-state index in [1.54, 1.807) is 32.3 Å². The molecule has 0 aliphatic rings. The van der Waals surface area contributed by atoms with Crippen molar-refractivity contribution in [1.82, 2.24) is 9.55 Å². The number of rotatable bonds is 7. The number of hydrogen-bond acceptors (Lipinski definition) is 5. The summed E-state index contributed by atoms with van der Waals surface area (Å²) >= 11 is 0. The lowest BCUT2D eigenvalue weighted by Crippen LogP contribution is -2.13. The molecule has 2 aromatic carbocycles. The van der Waals surface area contributed by atoms with E-state index in [1.807, 2.05) is 30.3 Å². The molecule has 0 spiro atoms. The zero-order valence-corrected chi connectivity index (χ0v) is 16.7. The first-order valence-electron chi connectivity index (χ1n) is 9.38. The lowest BCUT2D eigenvalue weighted by atomic mass is 10.1. The van der Waals surface area contributed by atoms with Gasteiger partial charge in [-0.05, 0) is 43.2 Å². The van der Waals surface area contributed by atoms with Gasteiger partial charge in [-0.3, -0.25) is 4.79 Å². The Morgan fingerprint density at radius 2 is 1.83 bits per heavy atom. The summed E-state index contributed by atoms with van der Waals surface area (Å²) in [5, 5.41) is 6.10. The van der Waals surface area contributed by atoms with E-state index in [0.29, 0.717) is 17.9 Å². The van der Waals surface area contributed by atoms with Crippen LogP contribution in [-0.2, 0) is 18.3 Å². The van der Waals surface area contributed by atoms with Gasteiger partial charge in [-0.1, -0.05) is 30.3 Å². The highest BCUT2D eigenvalue weighted by molar-refractivity contribution is 6.04. The molecule has 0 saturated carbocycles. The minimum atomic E-state index is -0.527. The zero-order chi connectivity index (χ0) is 20.8. The SMILES string of the molecule is CCOC(=O)c1nc(NC(=O)c2ccc(CNc3ccccc3C)cc2)cn1C. The molecule has 7 heteroatoms. The first-order chi connectivity index (χ1) is 14.0. The van der Waals surface area contributed by atoms with Gasteiger partial charge in [0.2, 0.25) is 5.82 Å². The van der Waals surface area contributed by atoms with Crippen LogP contribution < -0.4 is 10.6 Å². The maximum absolute atomic E-state index is 12.5. The monoisotopic (exact) mass is 392 g/mol. The van der Waals surface area contributed by atoms with Gasteiger partial charge in [0.25, 0.3) is 5.91 Å². The van der Waals surface area contributed by atoms with Gasteiger partial charge >= 0.3 is 5.97 Å². The Morgan fingerprint density at radius 3 is 2.52 bits per heavy atom. The van der Waals surface area contributed by atoms with E-state index in [-0.39, 0.29) is 18.3 Å². The number of aryl methyl sites for hydroxylation is 2. The van der Waals surface area contributed by atoms with Crippen molar-refractivity contribution >= 4 is 23.4 Å². The maximum Gasteiger partial charge on any atom is 0.374 e. The fraction of sp³-hybridized carbons (Fsp3) is 0.227. The van der Waals surface area contributed by atoms with Crippen molar-refractivity contribution in [2.45, 2.75) is 20.4 Å². The average molecular weight is 392 g/mol. The number of nitrogens with zero attached hydrogens (tertiary/aromatic N) is 2. The van der Waals surface area contributed by atoms with Gasteiger partial charge in [0, 0.05) is 31.0 Å². The van der Waals surface area contributed by atoms with E-state index in [4.69, 9.17) is 4.74 Å². The van der Waals surface area contributed by atoms with Crippen LogP contribution >= 0.6 is 0 Å². The van der Waals surface area contributed by atoms with Crippen LogP contribution in [0.25, 0.3) is 0 Å². The van der Waals surface area contributed by atoms with Crippen molar-refractivity contribution in [3.63, 3.8) is 0 Å². The van der Waals surface area contributed by atoms with Crippen molar-refractivity contribution < 1.29 is 14.3 Å². The van der Waals surface area contributed by atoms with E-state index >= 15 is 0 Å². The number of ether oxygens (including phenoxy) is 1. The summed E-state index contributed by atoms with van der Waals surface area (Å²) in [5.41, 5.74) is 3.84. The Bertz CT molecular complexity index is 1010. The molecule has 1 heterocycles. The Hall–Kier alpha value is -3.61. The largest absolute Gasteiger partial charge is 0.460 e. The minimum absolute atomic E-state index is 0.139. The van der Waals surface area contributed by atoms with Gasteiger partial charge in [0.05, 0.1) is 6.61 Å². The number of hydrogen-bond donors (Lipinski definition) is 2. The number of benzene rings is 2. The highest BCUT2D eigenvalue weighted by Crippen LogP contribution is 2.15. The molecule has 3 rings (SSSR count). The molecular weight excluding hydrogens is 368 g/mol. The molecule has 0 atom stereocenters. The van der Waals surface area contributed by atoms with Crippen molar-refractivity contribution in [2.24, 2.45) is 7.05 Å². The van der Waals surface area contributed by atoms with Gasteiger partial charge in [-0.25, -0.2) is 9.78 Å². The van der Waals surface area contributed by atoms with E-state index in [1.165, 1.54) is 10.1 Å². The molecule has 0 saturated heterocycles. The summed E-state index contributed by atoms with van der Waals surface area (Å²) < 4.78 is 6.47. The van der Waals surface area contributed by atoms with Crippen LogP contribution in [0.1, 0.15) is 39.0 Å². The minimum Gasteiger partial charge on any atom is -0.460 e. The molecule has 1 amide bonds. The fourth-order valence-corrected chi connectivity index (χ4v) is 2.84. The Balaban J connectivity index is 1.61. The topological polar surface area (TPSA) is 85.2 Å². The molecule has 2 N–H and O–H groups in total. The van der Waals surface area contributed by atoms with Gasteiger partial charge in [-0.2, -0.15) is 0 Å². The standard InChI is InChI=1S/C22H24N4O3/c1-4-29-22(28)20-24-19(14-26(20)3)25-21(27)17-11-9-16(10-12-17)13-23-18-8-6-5-7-15(18)2/h5-12,14,23H,4,13H2,1-3H3,(H,25,27). The normalized spacial score (nSPS) is 10.4. The highest BCUT2D eigenvalue weighted by atomic mass is 16.5. The van der Waals surface area contributed by atoms with E-state index in [9.17, 15) is 9.59 Å². The molecule has 7 nitrogen and oxygen atoms in total. The maximum atomic E-state index is 12.5. The van der Waals surface area contributed by atoms with Crippen molar-refractivity contribution in [3.8, 4) is 0 Å². The summed E-state index contributed by atoms with van der Waals surface area (Å²) in [7, 11) is 1.67. The number of anilines is 2.